The van der Waals surface area contributed by atoms with Gasteiger partial charge in [0, 0.05) is 5.69 Å². The molecule has 0 radical (unpaired) electrons. The summed E-state index contributed by atoms with van der Waals surface area (Å²) >= 11 is 0. The maximum absolute atomic E-state index is 12.6. The highest BCUT2D eigenvalue weighted by Gasteiger charge is 2.17. The third kappa shape index (κ3) is 4.46. The fraction of sp³-hybridized carbons (Fsp3) is 0.435. The average molecular weight is 354 g/mol. The molecule has 0 aromatic heterocycles. The molecule has 3 nitrogen and oxygen atoms in total. The molecule has 0 aliphatic heterocycles. The van der Waals surface area contributed by atoms with Gasteiger partial charge in [0.25, 0.3) is 5.91 Å². The molecule has 3 heteroatoms. The number of amides is 1. The normalized spacial score (nSPS) is 11.1. The van der Waals surface area contributed by atoms with Gasteiger partial charge in [0.15, 0.2) is 6.61 Å². The zero-order chi connectivity index (χ0) is 19.4. The Morgan fingerprint density at radius 1 is 0.923 bits per heavy atom. The number of ether oxygens (including phenoxy) is 1. The molecule has 26 heavy (non-hydrogen) atoms. The largest absolute Gasteiger partial charge is 0.483 e. The number of benzene rings is 2. The smallest absolute Gasteiger partial charge is 0.262 e. The van der Waals surface area contributed by atoms with Gasteiger partial charge in [-0.05, 0) is 60.4 Å². The van der Waals surface area contributed by atoms with E-state index in [-0.39, 0.29) is 12.5 Å². The lowest BCUT2D eigenvalue weighted by Gasteiger charge is -2.20. The first-order valence-corrected chi connectivity index (χ1v) is 9.34. The van der Waals surface area contributed by atoms with Crippen LogP contribution in [0.4, 0.5) is 5.69 Å². The van der Waals surface area contributed by atoms with Crippen LogP contribution in [0.3, 0.4) is 0 Å². The third-order valence-electron chi connectivity index (χ3n) is 4.86. The summed E-state index contributed by atoms with van der Waals surface area (Å²) in [5.41, 5.74) is 6.55. The molecule has 140 valence electrons. The molecular weight excluding hydrogens is 322 g/mol. The number of carbonyl (C=O) groups is 1. The summed E-state index contributed by atoms with van der Waals surface area (Å²) in [6.07, 6.45) is 0. The van der Waals surface area contributed by atoms with Crippen LogP contribution in [0.15, 0.2) is 30.3 Å². The lowest BCUT2D eigenvalue weighted by molar-refractivity contribution is -0.118. The number of anilines is 1. The van der Waals surface area contributed by atoms with E-state index >= 15 is 0 Å². The summed E-state index contributed by atoms with van der Waals surface area (Å²) in [4.78, 5) is 12.6. The first kappa shape index (κ1) is 20.0. The Morgan fingerprint density at radius 3 is 2.00 bits per heavy atom. The monoisotopic (exact) mass is 353 g/mol. The number of aryl methyl sites for hydroxylation is 2. The average Bonchev–Trinajstić information content (AvgIpc) is 2.58. The van der Waals surface area contributed by atoms with E-state index in [0.29, 0.717) is 11.8 Å². The Morgan fingerprint density at radius 2 is 1.46 bits per heavy atom. The van der Waals surface area contributed by atoms with E-state index in [2.05, 4.69) is 64.2 Å². The van der Waals surface area contributed by atoms with Gasteiger partial charge in [-0.15, -0.1) is 0 Å². The van der Waals surface area contributed by atoms with Crippen LogP contribution in [-0.4, -0.2) is 12.5 Å². The van der Waals surface area contributed by atoms with Crippen LogP contribution in [0.5, 0.6) is 5.75 Å². The number of hydrogen-bond acceptors (Lipinski definition) is 2. The van der Waals surface area contributed by atoms with Crippen molar-refractivity contribution in [2.24, 2.45) is 0 Å². The van der Waals surface area contributed by atoms with E-state index in [1.54, 1.807) is 0 Å². The van der Waals surface area contributed by atoms with Gasteiger partial charge >= 0.3 is 0 Å². The minimum atomic E-state index is -0.125. The van der Waals surface area contributed by atoms with Crippen molar-refractivity contribution in [1.29, 1.82) is 0 Å². The van der Waals surface area contributed by atoms with Gasteiger partial charge in [0.1, 0.15) is 5.75 Å². The lowest BCUT2D eigenvalue weighted by atomic mass is 9.92. The Labute approximate surface area is 157 Å². The second-order valence-corrected chi connectivity index (χ2v) is 7.61. The molecule has 0 bridgehead atoms. The molecule has 0 spiro atoms. The Kier molecular flexibility index (Phi) is 6.47. The molecule has 0 aliphatic carbocycles. The molecule has 0 fully saturated rings. The highest BCUT2D eigenvalue weighted by molar-refractivity contribution is 5.93. The highest BCUT2D eigenvalue weighted by Crippen LogP contribution is 2.32. The number of carbonyl (C=O) groups excluding carboxylic acids is 1. The SMILES string of the molecule is Cc1ccc(C)c(OCC(=O)Nc2c(C(C)C)cccc2C(C)C)c1C. The molecule has 0 saturated heterocycles. The summed E-state index contributed by atoms with van der Waals surface area (Å²) in [5.74, 6) is 1.36. The van der Waals surface area contributed by atoms with Crippen LogP contribution in [0.1, 0.15) is 67.3 Å². The Bertz CT molecular complexity index is 765. The summed E-state index contributed by atoms with van der Waals surface area (Å²) in [6.45, 7) is 14.7. The van der Waals surface area contributed by atoms with Crippen LogP contribution in [0, 0.1) is 20.8 Å². The van der Waals surface area contributed by atoms with Crippen molar-refractivity contribution < 1.29 is 9.53 Å². The summed E-state index contributed by atoms with van der Waals surface area (Å²) in [6, 6.07) is 10.3. The van der Waals surface area contributed by atoms with E-state index in [0.717, 1.165) is 33.7 Å². The van der Waals surface area contributed by atoms with Crippen molar-refractivity contribution in [2.75, 3.05) is 11.9 Å². The molecule has 0 atom stereocenters. The summed E-state index contributed by atoms with van der Waals surface area (Å²) in [5, 5.41) is 3.10. The molecular formula is C23H31NO2. The second-order valence-electron chi connectivity index (χ2n) is 7.61. The first-order chi connectivity index (χ1) is 12.2. The Balaban J connectivity index is 2.20. The predicted molar refractivity (Wildman–Crippen MR) is 109 cm³/mol. The van der Waals surface area contributed by atoms with Crippen LogP contribution < -0.4 is 10.1 Å². The number of rotatable bonds is 6. The van der Waals surface area contributed by atoms with Gasteiger partial charge in [-0.2, -0.15) is 0 Å². The van der Waals surface area contributed by atoms with E-state index in [9.17, 15) is 4.79 Å². The van der Waals surface area contributed by atoms with Crippen molar-refractivity contribution in [3.8, 4) is 5.75 Å². The summed E-state index contributed by atoms with van der Waals surface area (Å²) < 4.78 is 5.87. The molecule has 0 unspecified atom stereocenters. The molecule has 0 aliphatic rings. The van der Waals surface area contributed by atoms with Crippen molar-refractivity contribution >= 4 is 11.6 Å². The zero-order valence-electron chi connectivity index (χ0n) is 17.1. The van der Waals surface area contributed by atoms with E-state index < -0.39 is 0 Å². The van der Waals surface area contributed by atoms with Gasteiger partial charge in [0.05, 0.1) is 0 Å². The lowest BCUT2D eigenvalue weighted by Crippen LogP contribution is -2.22. The fourth-order valence-corrected chi connectivity index (χ4v) is 3.16. The standard InChI is InChI=1S/C23H31NO2/c1-14(2)19-9-8-10-20(15(3)4)22(19)24-21(25)13-26-23-17(6)12-11-16(5)18(23)7/h8-12,14-15H,13H2,1-7H3,(H,24,25). The van der Waals surface area contributed by atoms with Crippen molar-refractivity contribution in [1.82, 2.24) is 0 Å². The minimum Gasteiger partial charge on any atom is -0.483 e. The Hall–Kier alpha value is -2.29. The van der Waals surface area contributed by atoms with E-state index in [4.69, 9.17) is 4.74 Å². The van der Waals surface area contributed by atoms with E-state index in [1.165, 1.54) is 5.56 Å². The first-order valence-electron chi connectivity index (χ1n) is 9.34. The molecule has 2 rings (SSSR count). The zero-order valence-corrected chi connectivity index (χ0v) is 17.1. The quantitative estimate of drug-likeness (QED) is 0.704. The highest BCUT2D eigenvalue weighted by atomic mass is 16.5. The van der Waals surface area contributed by atoms with Gasteiger partial charge < -0.3 is 10.1 Å². The molecule has 1 amide bonds. The van der Waals surface area contributed by atoms with Crippen LogP contribution in [0.25, 0.3) is 0 Å². The van der Waals surface area contributed by atoms with Crippen molar-refractivity contribution in [3.05, 3.63) is 58.1 Å². The predicted octanol–water partition coefficient (Wildman–Crippen LogP) is 5.88. The molecule has 0 saturated carbocycles. The van der Waals surface area contributed by atoms with Gasteiger partial charge in [-0.25, -0.2) is 0 Å². The van der Waals surface area contributed by atoms with Crippen LogP contribution >= 0.6 is 0 Å². The van der Waals surface area contributed by atoms with Crippen molar-refractivity contribution in [3.63, 3.8) is 0 Å². The molecule has 2 aromatic rings. The molecule has 0 heterocycles. The van der Waals surface area contributed by atoms with E-state index in [1.807, 2.05) is 19.9 Å². The third-order valence-corrected chi connectivity index (χ3v) is 4.86. The van der Waals surface area contributed by atoms with Gasteiger partial charge in [0.2, 0.25) is 0 Å². The topological polar surface area (TPSA) is 38.3 Å². The number of hydrogen-bond donors (Lipinski definition) is 1. The summed E-state index contributed by atoms with van der Waals surface area (Å²) in [7, 11) is 0. The minimum absolute atomic E-state index is 0.00903. The number of para-hydroxylation sites is 1. The van der Waals surface area contributed by atoms with Gasteiger partial charge in [-0.1, -0.05) is 58.0 Å². The number of nitrogens with one attached hydrogen (secondary N) is 1. The molecule has 2 aromatic carbocycles. The molecule has 1 N–H and O–H groups in total. The van der Waals surface area contributed by atoms with Crippen LogP contribution in [0.2, 0.25) is 0 Å². The maximum Gasteiger partial charge on any atom is 0.262 e. The van der Waals surface area contributed by atoms with Gasteiger partial charge in [-0.3, -0.25) is 4.79 Å². The van der Waals surface area contributed by atoms with Crippen molar-refractivity contribution in [2.45, 2.75) is 60.3 Å². The second kappa shape index (κ2) is 8.39. The fourth-order valence-electron chi connectivity index (χ4n) is 3.16. The maximum atomic E-state index is 12.6. The van der Waals surface area contributed by atoms with Crippen LogP contribution in [-0.2, 0) is 4.79 Å².